The Labute approximate surface area is 283 Å². The van der Waals surface area contributed by atoms with Crippen molar-refractivity contribution in [3.05, 3.63) is 170 Å². The molecule has 3 aromatic heterocycles. The lowest BCUT2D eigenvalue weighted by Gasteiger charge is -2.10. The molecule has 5 heteroatoms. The number of rotatable bonds is 6. The highest BCUT2D eigenvalue weighted by Gasteiger charge is 2.16. The maximum atomic E-state index is 6.33. The molecule has 0 aliphatic heterocycles. The molecule has 0 unspecified atom stereocenters. The van der Waals surface area contributed by atoms with Crippen LogP contribution in [0.3, 0.4) is 0 Å². The summed E-state index contributed by atoms with van der Waals surface area (Å²) in [7, 11) is 0. The molecule has 0 aliphatic rings. The van der Waals surface area contributed by atoms with E-state index in [9.17, 15) is 0 Å². The fraction of sp³-hybridized carbons (Fsp3) is 0. The monoisotopic (exact) mass is 628 g/mol. The molecular weight excluding hydrogens is 601 g/mol. The molecular formula is C44H28N4O. The molecule has 9 aromatic rings. The van der Waals surface area contributed by atoms with Crippen LogP contribution in [0.25, 0.3) is 89.7 Å². The first-order chi connectivity index (χ1) is 24.2. The largest absolute Gasteiger partial charge is 0.456 e. The van der Waals surface area contributed by atoms with Gasteiger partial charge >= 0.3 is 0 Å². The summed E-state index contributed by atoms with van der Waals surface area (Å²) in [5, 5.41) is 1.99. The Balaban J connectivity index is 1.19. The predicted molar refractivity (Wildman–Crippen MR) is 198 cm³/mol. The zero-order valence-electron chi connectivity index (χ0n) is 26.4. The molecule has 0 spiro atoms. The number of benzene rings is 6. The van der Waals surface area contributed by atoms with E-state index in [2.05, 4.69) is 66.7 Å². The van der Waals surface area contributed by atoms with Crippen LogP contribution in [-0.2, 0) is 0 Å². The first-order valence-electron chi connectivity index (χ1n) is 16.2. The molecule has 6 aromatic carbocycles. The van der Waals surface area contributed by atoms with Gasteiger partial charge in [0.05, 0.1) is 22.8 Å². The number of hydrogen-bond donors (Lipinski definition) is 0. The second-order valence-corrected chi connectivity index (χ2v) is 11.9. The summed E-state index contributed by atoms with van der Waals surface area (Å²) in [6.45, 7) is 0. The Morgan fingerprint density at radius 2 is 0.633 bits per heavy atom. The molecule has 0 amide bonds. The number of fused-ring (bicyclic) bond motifs is 3. The first-order valence-corrected chi connectivity index (χ1v) is 16.2. The van der Waals surface area contributed by atoms with Gasteiger partial charge in [0.15, 0.2) is 11.6 Å². The average Bonchev–Trinajstić information content (AvgIpc) is 3.56. The van der Waals surface area contributed by atoms with Crippen LogP contribution in [0.5, 0.6) is 0 Å². The molecule has 0 bridgehead atoms. The van der Waals surface area contributed by atoms with E-state index in [1.807, 2.05) is 103 Å². The van der Waals surface area contributed by atoms with Crippen molar-refractivity contribution in [1.29, 1.82) is 0 Å². The molecule has 0 N–H and O–H groups in total. The Morgan fingerprint density at radius 1 is 0.286 bits per heavy atom. The maximum absolute atomic E-state index is 6.33. The molecule has 9 rings (SSSR count). The van der Waals surface area contributed by atoms with Gasteiger partial charge in [-0.1, -0.05) is 121 Å². The molecule has 5 nitrogen and oxygen atoms in total. The van der Waals surface area contributed by atoms with Gasteiger partial charge in [-0.15, -0.1) is 0 Å². The van der Waals surface area contributed by atoms with Gasteiger partial charge in [0.1, 0.15) is 11.2 Å². The molecule has 230 valence electrons. The van der Waals surface area contributed by atoms with E-state index in [1.165, 1.54) is 0 Å². The van der Waals surface area contributed by atoms with E-state index in [0.29, 0.717) is 11.6 Å². The molecule has 0 fully saturated rings. The lowest BCUT2D eigenvalue weighted by atomic mass is 10.0. The smallest absolute Gasteiger partial charge is 0.160 e. The normalized spacial score (nSPS) is 11.3. The Kier molecular flexibility index (Phi) is 7.06. The van der Waals surface area contributed by atoms with Crippen LogP contribution in [0, 0.1) is 0 Å². The first kappa shape index (κ1) is 28.5. The van der Waals surface area contributed by atoms with Crippen molar-refractivity contribution >= 4 is 21.9 Å². The fourth-order valence-corrected chi connectivity index (χ4v) is 6.23. The van der Waals surface area contributed by atoms with E-state index < -0.39 is 0 Å². The van der Waals surface area contributed by atoms with Crippen molar-refractivity contribution in [3.8, 4) is 67.8 Å². The van der Waals surface area contributed by atoms with Crippen LogP contribution in [0.2, 0.25) is 0 Å². The van der Waals surface area contributed by atoms with Crippen LogP contribution < -0.4 is 0 Å². The van der Waals surface area contributed by atoms with Gasteiger partial charge in [-0.05, 0) is 48.5 Å². The Hall–Kier alpha value is -6.72. The van der Waals surface area contributed by atoms with Gasteiger partial charge in [-0.2, -0.15) is 0 Å². The van der Waals surface area contributed by atoms with E-state index in [4.69, 9.17) is 24.4 Å². The van der Waals surface area contributed by atoms with E-state index in [0.717, 1.165) is 78.1 Å². The zero-order valence-corrected chi connectivity index (χ0v) is 26.4. The van der Waals surface area contributed by atoms with Crippen molar-refractivity contribution in [3.63, 3.8) is 0 Å². The van der Waals surface area contributed by atoms with Crippen molar-refractivity contribution in [2.24, 2.45) is 0 Å². The summed E-state index contributed by atoms with van der Waals surface area (Å²) >= 11 is 0. The summed E-state index contributed by atoms with van der Waals surface area (Å²) in [5.41, 5.74) is 11.0. The fourth-order valence-electron chi connectivity index (χ4n) is 6.23. The second kappa shape index (κ2) is 12.1. The van der Waals surface area contributed by atoms with E-state index in [-0.39, 0.29) is 0 Å². The van der Waals surface area contributed by atoms with Crippen molar-refractivity contribution < 1.29 is 4.42 Å². The number of furan rings is 1. The number of aromatic nitrogens is 4. The number of hydrogen-bond acceptors (Lipinski definition) is 5. The van der Waals surface area contributed by atoms with Crippen LogP contribution in [0.1, 0.15) is 0 Å². The van der Waals surface area contributed by atoms with Crippen molar-refractivity contribution in [2.45, 2.75) is 0 Å². The predicted octanol–water partition coefficient (Wildman–Crippen LogP) is 11.2. The van der Waals surface area contributed by atoms with Crippen LogP contribution >= 0.6 is 0 Å². The van der Waals surface area contributed by atoms with Gasteiger partial charge in [0.25, 0.3) is 0 Å². The highest BCUT2D eigenvalue weighted by Crippen LogP contribution is 2.36. The van der Waals surface area contributed by atoms with Crippen molar-refractivity contribution in [1.82, 2.24) is 19.9 Å². The molecule has 0 radical (unpaired) electrons. The molecule has 0 atom stereocenters. The zero-order chi connectivity index (χ0) is 32.6. The Bertz CT molecular complexity index is 2290. The standard InChI is InChI=1S/C44H28N4O/c1-5-13-29(14-6-1)37-27-38(30-15-7-2-8-16-30)47-44(46-37)34-22-24-42-36(26-34)35-25-33(21-23-41(35)49-42)40-28-39(31-17-9-3-10-18-31)45-43(48-40)32-19-11-4-12-20-32/h1-28H. The van der Waals surface area contributed by atoms with Gasteiger partial charge in [0, 0.05) is 44.2 Å². The third-order valence-corrected chi connectivity index (χ3v) is 8.72. The van der Waals surface area contributed by atoms with Gasteiger partial charge < -0.3 is 4.42 Å². The lowest BCUT2D eigenvalue weighted by Crippen LogP contribution is -1.96. The minimum atomic E-state index is 0.656. The van der Waals surface area contributed by atoms with Crippen LogP contribution in [-0.4, -0.2) is 19.9 Å². The second-order valence-electron chi connectivity index (χ2n) is 11.9. The Morgan fingerprint density at radius 3 is 1.08 bits per heavy atom. The number of nitrogens with zero attached hydrogens (tertiary/aromatic N) is 4. The molecule has 0 saturated heterocycles. The summed E-state index contributed by atoms with van der Waals surface area (Å²) in [4.78, 5) is 20.1. The third-order valence-electron chi connectivity index (χ3n) is 8.72. The highest BCUT2D eigenvalue weighted by atomic mass is 16.3. The van der Waals surface area contributed by atoms with Crippen LogP contribution in [0.4, 0.5) is 0 Å². The third kappa shape index (κ3) is 5.53. The van der Waals surface area contributed by atoms with E-state index >= 15 is 0 Å². The summed E-state index contributed by atoms with van der Waals surface area (Å²) in [6.07, 6.45) is 0. The maximum Gasteiger partial charge on any atom is 0.160 e. The lowest BCUT2D eigenvalue weighted by molar-refractivity contribution is 0.669. The minimum absolute atomic E-state index is 0.656. The summed E-state index contributed by atoms with van der Waals surface area (Å²) in [5.74, 6) is 1.34. The van der Waals surface area contributed by atoms with Gasteiger partial charge in [-0.3, -0.25) is 0 Å². The highest BCUT2D eigenvalue weighted by molar-refractivity contribution is 6.07. The van der Waals surface area contributed by atoms with Crippen molar-refractivity contribution in [2.75, 3.05) is 0 Å². The molecule has 0 aliphatic carbocycles. The van der Waals surface area contributed by atoms with Gasteiger partial charge in [-0.25, -0.2) is 19.9 Å². The average molecular weight is 629 g/mol. The topological polar surface area (TPSA) is 64.7 Å². The summed E-state index contributed by atoms with van der Waals surface area (Å²) < 4.78 is 6.33. The minimum Gasteiger partial charge on any atom is -0.456 e. The van der Waals surface area contributed by atoms with Crippen LogP contribution in [0.15, 0.2) is 174 Å². The molecule has 49 heavy (non-hydrogen) atoms. The molecule has 0 saturated carbocycles. The SMILES string of the molecule is c1ccc(-c2cc(-c3ccc4oc5ccc(-c6nc(-c7ccccc7)cc(-c7ccccc7)n6)cc5c4c3)nc(-c3ccccc3)n2)cc1. The quantitative estimate of drug-likeness (QED) is 0.183. The summed E-state index contributed by atoms with van der Waals surface area (Å²) in [6, 6.07) is 57.4. The molecule has 3 heterocycles. The van der Waals surface area contributed by atoms with E-state index in [1.54, 1.807) is 0 Å². The van der Waals surface area contributed by atoms with Gasteiger partial charge in [0.2, 0.25) is 0 Å².